The van der Waals surface area contributed by atoms with Gasteiger partial charge in [0.15, 0.2) is 0 Å². The van der Waals surface area contributed by atoms with E-state index in [1.807, 2.05) is 6.20 Å². The molecule has 1 N–H and O–H groups in total. The minimum absolute atomic E-state index is 0.464. The molecule has 3 heteroatoms. The molecule has 0 aliphatic heterocycles. The first-order valence-corrected chi connectivity index (χ1v) is 6.34. The third-order valence-corrected chi connectivity index (χ3v) is 3.84. The second kappa shape index (κ2) is 4.41. The zero-order valence-corrected chi connectivity index (χ0v) is 9.68. The highest BCUT2D eigenvalue weighted by Gasteiger charge is 2.29. The number of hydrogen-bond donors (Lipinski definition) is 1. The van der Waals surface area contributed by atoms with Crippen molar-refractivity contribution < 1.29 is 0 Å². The van der Waals surface area contributed by atoms with Crippen molar-refractivity contribution in [1.29, 1.82) is 0 Å². The predicted molar refractivity (Wildman–Crippen MR) is 60.5 cm³/mol. The van der Waals surface area contributed by atoms with Crippen molar-refractivity contribution in [1.82, 2.24) is 10.3 Å². The Bertz CT molecular complexity index is 267. The van der Waals surface area contributed by atoms with Crippen molar-refractivity contribution in [2.75, 3.05) is 0 Å². The zero-order chi connectivity index (χ0) is 9.97. The number of aromatic nitrogens is 1. The fourth-order valence-corrected chi connectivity index (χ4v) is 2.60. The van der Waals surface area contributed by atoms with Gasteiger partial charge in [0.05, 0.1) is 6.04 Å². The highest BCUT2D eigenvalue weighted by molar-refractivity contribution is 7.09. The Balaban J connectivity index is 1.92. The maximum Gasteiger partial charge on any atom is 0.109 e. The first-order chi connectivity index (χ1) is 6.81. The van der Waals surface area contributed by atoms with Crippen LogP contribution in [0.3, 0.4) is 0 Å². The third kappa shape index (κ3) is 2.34. The van der Waals surface area contributed by atoms with E-state index in [1.54, 1.807) is 11.3 Å². The number of nitrogens with zero attached hydrogens (tertiary/aromatic N) is 1. The lowest BCUT2D eigenvalue weighted by atomic mass is 10.1. The lowest BCUT2D eigenvalue weighted by Gasteiger charge is -2.20. The lowest BCUT2D eigenvalue weighted by Crippen LogP contribution is -2.31. The average molecular weight is 210 g/mol. The summed E-state index contributed by atoms with van der Waals surface area (Å²) in [6.45, 7) is 4.52. The summed E-state index contributed by atoms with van der Waals surface area (Å²) in [5.74, 6) is 0.920. The summed E-state index contributed by atoms with van der Waals surface area (Å²) < 4.78 is 0. The number of hydrogen-bond acceptors (Lipinski definition) is 3. The third-order valence-electron chi connectivity index (χ3n) is 2.95. The molecule has 14 heavy (non-hydrogen) atoms. The van der Waals surface area contributed by atoms with Crippen LogP contribution in [0.4, 0.5) is 0 Å². The molecule has 2 atom stereocenters. The molecule has 1 aromatic rings. The van der Waals surface area contributed by atoms with Crippen molar-refractivity contribution in [3.63, 3.8) is 0 Å². The maximum absolute atomic E-state index is 4.38. The van der Waals surface area contributed by atoms with Crippen molar-refractivity contribution >= 4 is 11.3 Å². The Hall–Kier alpha value is -0.410. The molecule has 0 radical (unpaired) electrons. The summed E-state index contributed by atoms with van der Waals surface area (Å²) in [4.78, 5) is 4.38. The Morgan fingerprint density at radius 1 is 1.64 bits per heavy atom. The molecule has 1 aromatic heterocycles. The maximum atomic E-state index is 4.38. The number of thiazole rings is 1. The van der Waals surface area contributed by atoms with Crippen LogP contribution in [0, 0.1) is 5.92 Å². The van der Waals surface area contributed by atoms with Gasteiger partial charge in [0.2, 0.25) is 0 Å². The summed E-state index contributed by atoms with van der Waals surface area (Å²) in [7, 11) is 0. The molecule has 0 aromatic carbocycles. The second-order valence-electron chi connectivity index (χ2n) is 4.12. The predicted octanol–water partition coefficient (Wildman–Crippen LogP) is 2.98. The number of rotatable bonds is 5. The van der Waals surface area contributed by atoms with E-state index in [9.17, 15) is 0 Å². The topological polar surface area (TPSA) is 24.9 Å². The fourth-order valence-electron chi connectivity index (χ4n) is 1.82. The quantitative estimate of drug-likeness (QED) is 0.808. The lowest BCUT2D eigenvalue weighted by molar-refractivity contribution is 0.413. The minimum Gasteiger partial charge on any atom is -0.305 e. The van der Waals surface area contributed by atoms with Crippen LogP contribution in [0.1, 0.15) is 44.2 Å². The molecule has 0 saturated heterocycles. The van der Waals surface area contributed by atoms with E-state index in [0.29, 0.717) is 12.1 Å². The van der Waals surface area contributed by atoms with Gasteiger partial charge in [0.25, 0.3) is 0 Å². The van der Waals surface area contributed by atoms with Crippen molar-refractivity contribution in [2.45, 2.75) is 45.2 Å². The van der Waals surface area contributed by atoms with E-state index in [2.05, 4.69) is 29.5 Å². The smallest absolute Gasteiger partial charge is 0.109 e. The van der Waals surface area contributed by atoms with E-state index >= 15 is 0 Å². The Labute approximate surface area is 89.8 Å². The summed E-state index contributed by atoms with van der Waals surface area (Å²) in [6, 6.07) is 1.12. The van der Waals surface area contributed by atoms with Gasteiger partial charge >= 0.3 is 0 Å². The standard InChI is InChI=1S/C11H18N2S/c1-3-10(11-12-6-7-14-11)13-8(2)9-4-5-9/h6-10,13H,3-5H2,1-2H3. The highest BCUT2D eigenvalue weighted by Crippen LogP contribution is 2.34. The monoisotopic (exact) mass is 210 g/mol. The van der Waals surface area contributed by atoms with Crippen LogP contribution in [0.5, 0.6) is 0 Å². The van der Waals surface area contributed by atoms with Crippen molar-refractivity contribution in [3.05, 3.63) is 16.6 Å². The van der Waals surface area contributed by atoms with Gasteiger partial charge in [0.1, 0.15) is 5.01 Å². The van der Waals surface area contributed by atoms with E-state index in [-0.39, 0.29) is 0 Å². The molecule has 2 rings (SSSR count). The van der Waals surface area contributed by atoms with Gasteiger partial charge in [0, 0.05) is 17.6 Å². The molecule has 0 bridgehead atoms. The normalized spacial score (nSPS) is 20.7. The van der Waals surface area contributed by atoms with Crippen LogP contribution in [-0.2, 0) is 0 Å². The SMILES string of the molecule is CCC(NC(C)C1CC1)c1nccs1. The van der Waals surface area contributed by atoms with E-state index in [4.69, 9.17) is 0 Å². The average Bonchev–Trinajstić information content (AvgIpc) is 2.91. The Kier molecular flexibility index (Phi) is 3.19. The summed E-state index contributed by atoms with van der Waals surface area (Å²) in [5.41, 5.74) is 0. The van der Waals surface area contributed by atoms with Gasteiger partial charge < -0.3 is 5.32 Å². The zero-order valence-electron chi connectivity index (χ0n) is 8.86. The van der Waals surface area contributed by atoms with Crippen LogP contribution in [0.25, 0.3) is 0 Å². The van der Waals surface area contributed by atoms with Crippen molar-refractivity contribution in [2.24, 2.45) is 5.92 Å². The van der Waals surface area contributed by atoms with E-state index in [1.165, 1.54) is 17.8 Å². The second-order valence-corrected chi connectivity index (χ2v) is 5.05. The first kappa shape index (κ1) is 10.1. The van der Waals surface area contributed by atoms with Crippen LogP contribution in [0.2, 0.25) is 0 Å². The van der Waals surface area contributed by atoms with Crippen LogP contribution in [0.15, 0.2) is 11.6 Å². The molecule has 1 aliphatic rings. The van der Waals surface area contributed by atoms with Gasteiger partial charge in [-0.05, 0) is 32.1 Å². The Morgan fingerprint density at radius 3 is 2.93 bits per heavy atom. The molecular formula is C11H18N2S. The fraction of sp³-hybridized carbons (Fsp3) is 0.727. The largest absolute Gasteiger partial charge is 0.305 e. The number of nitrogens with one attached hydrogen (secondary N) is 1. The van der Waals surface area contributed by atoms with E-state index in [0.717, 1.165) is 12.3 Å². The molecule has 1 heterocycles. The summed E-state index contributed by atoms with van der Waals surface area (Å²) >= 11 is 1.76. The molecule has 1 saturated carbocycles. The van der Waals surface area contributed by atoms with Gasteiger partial charge in [-0.1, -0.05) is 6.92 Å². The first-order valence-electron chi connectivity index (χ1n) is 5.46. The highest BCUT2D eigenvalue weighted by atomic mass is 32.1. The molecule has 1 fully saturated rings. The van der Waals surface area contributed by atoms with Gasteiger partial charge in [-0.3, -0.25) is 0 Å². The summed E-state index contributed by atoms with van der Waals surface area (Å²) in [5, 5.41) is 6.97. The van der Waals surface area contributed by atoms with Crippen molar-refractivity contribution in [3.8, 4) is 0 Å². The molecule has 1 aliphatic carbocycles. The molecule has 2 unspecified atom stereocenters. The van der Waals surface area contributed by atoms with E-state index < -0.39 is 0 Å². The molecule has 0 spiro atoms. The van der Waals surface area contributed by atoms with Gasteiger partial charge in [-0.2, -0.15) is 0 Å². The van der Waals surface area contributed by atoms with Gasteiger partial charge in [-0.15, -0.1) is 11.3 Å². The van der Waals surface area contributed by atoms with Crippen LogP contribution in [-0.4, -0.2) is 11.0 Å². The molecule has 78 valence electrons. The molecule has 0 amide bonds. The Morgan fingerprint density at radius 2 is 2.43 bits per heavy atom. The summed E-state index contributed by atoms with van der Waals surface area (Å²) in [6.07, 6.45) is 5.83. The van der Waals surface area contributed by atoms with Gasteiger partial charge in [-0.25, -0.2) is 4.98 Å². The molecule has 2 nitrogen and oxygen atoms in total. The van der Waals surface area contributed by atoms with Crippen LogP contribution < -0.4 is 5.32 Å². The molecular weight excluding hydrogens is 192 g/mol. The minimum atomic E-state index is 0.464. The van der Waals surface area contributed by atoms with Crippen LogP contribution >= 0.6 is 11.3 Å².